The van der Waals surface area contributed by atoms with Crippen molar-refractivity contribution in [3.05, 3.63) is 0 Å². The van der Waals surface area contributed by atoms with Gasteiger partial charge in [-0.15, -0.1) is 0 Å². The van der Waals surface area contributed by atoms with E-state index in [1.54, 1.807) is 0 Å². The zero-order valence-corrected chi connectivity index (χ0v) is 8.55. The second-order valence-corrected chi connectivity index (χ2v) is 2.90. The Labute approximate surface area is 86.4 Å². The SMILES string of the molecule is CCC(N)CCCN.O=C(O)C(F)(F)F. The molecule has 0 heterocycles. The minimum absolute atomic E-state index is 0.374. The van der Waals surface area contributed by atoms with E-state index in [1.807, 2.05) is 0 Å². The maximum Gasteiger partial charge on any atom is 0.490 e. The van der Waals surface area contributed by atoms with Crippen molar-refractivity contribution >= 4 is 5.97 Å². The Morgan fingerprint density at radius 2 is 1.87 bits per heavy atom. The van der Waals surface area contributed by atoms with Crippen molar-refractivity contribution in [1.82, 2.24) is 0 Å². The van der Waals surface area contributed by atoms with Crippen LogP contribution in [0.5, 0.6) is 0 Å². The first-order valence-corrected chi connectivity index (χ1v) is 4.51. The van der Waals surface area contributed by atoms with E-state index < -0.39 is 12.1 Å². The van der Waals surface area contributed by atoms with Crippen LogP contribution < -0.4 is 11.5 Å². The minimum Gasteiger partial charge on any atom is -0.475 e. The number of aliphatic carboxylic acids is 1. The Kier molecular flexibility index (Phi) is 9.39. The molecule has 0 rings (SSSR count). The number of carboxylic acids is 1. The highest BCUT2D eigenvalue weighted by atomic mass is 19.4. The van der Waals surface area contributed by atoms with E-state index in [2.05, 4.69) is 6.92 Å². The molecule has 0 saturated heterocycles. The number of carbonyl (C=O) groups is 1. The van der Waals surface area contributed by atoms with E-state index in [4.69, 9.17) is 21.4 Å². The molecule has 1 atom stereocenters. The summed E-state index contributed by atoms with van der Waals surface area (Å²) in [6, 6.07) is 0.374. The van der Waals surface area contributed by atoms with Gasteiger partial charge in [0.15, 0.2) is 0 Å². The van der Waals surface area contributed by atoms with Crippen molar-refractivity contribution in [2.75, 3.05) is 6.54 Å². The summed E-state index contributed by atoms with van der Waals surface area (Å²) in [5, 5.41) is 7.12. The summed E-state index contributed by atoms with van der Waals surface area (Å²) in [5.41, 5.74) is 10.9. The molecule has 0 aliphatic carbocycles. The maximum atomic E-state index is 10.6. The molecule has 0 aliphatic heterocycles. The van der Waals surface area contributed by atoms with Gasteiger partial charge in [0.2, 0.25) is 0 Å². The molecule has 0 aliphatic rings. The van der Waals surface area contributed by atoms with Crippen molar-refractivity contribution in [2.45, 2.75) is 38.4 Å². The Balaban J connectivity index is 0. The number of hydrogen-bond donors (Lipinski definition) is 3. The Morgan fingerprint density at radius 1 is 1.47 bits per heavy atom. The van der Waals surface area contributed by atoms with Gasteiger partial charge in [0.1, 0.15) is 0 Å². The Hall–Kier alpha value is -0.820. The first kappa shape index (κ1) is 16.6. The van der Waals surface area contributed by atoms with Crippen LogP contribution in [0.25, 0.3) is 0 Å². The molecule has 0 bridgehead atoms. The summed E-state index contributed by atoms with van der Waals surface area (Å²) in [6.45, 7) is 2.87. The van der Waals surface area contributed by atoms with Crippen LogP contribution in [0.4, 0.5) is 13.2 Å². The van der Waals surface area contributed by atoms with Crippen LogP contribution in [-0.4, -0.2) is 29.8 Å². The number of rotatable bonds is 4. The van der Waals surface area contributed by atoms with Crippen molar-refractivity contribution < 1.29 is 23.1 Å². The molecule has 0 aromatic heterocycles. The average Bonchev–Trinajstić information content (AvgIpc) is 2.13. The van der Waals surface area contributed by atoms with Crippen LogP contribution in [-0.2, 0) is 4.79 Å². The highest BCUT2D eigenvalue weighted by Gasteiger charge is 2.38. The van der Waals surface area contributed by atoms with Gasteiger partial charge in [-0.2, -0.15) is 13.2 Å². The van der Waals surface area contributed by atoms with Crippen LogP contribution in [0.3, 0.4) is 0 Å². The lowest BCUT2D eigenvalue weighted by molar-refractivity contribution is -0.192. The predicted molar refractivity (Wildman–Crippen MR) is 50.2 cm³/mol. The molecule has 0 saturated carbocycles. The van der Waals surface area contributed by atoms with Gasteiger partial charge in [-0.3, -0.25) is 0 Å². The number of halogens is 3. The van der Waals surface area contributed by atoms with Gasteiger partial charge in [-0.1, -0.05) is 6.92 Å². The third-order valence-corrected chi connectivity index (χ3v) is 1.55. The van der Waals surface area contributed by atoms with Gasteiger partial charge < -0.3 is 16.6 Å². The molecule has 5 N–H and O–H groups in total. The van der Waals surface area contributed by atoms with Crippen molar-refractivity contribution in [3.8, 4) is 0 Å². The second kappa shape index (κ2) is 8.49. The summed E-state index contributed by atoms with van der Waals surface area (Å²) in [6.07, 6.45) is -1.87. The first-order chi connectivity index (χ1) is 6.75. The number of alkyl halides is 3. The van der Waals surface area contributed by atoms with E-state index in [-0.39, 0.29) is 0 Å². The molecule has 92 valence electrons. The molecule has 7 heteroatoms. The van der Waals surface area contributed by atoms with E-state index in [9.17, 15) is 13.2 Å². The van der Waals surface area contributed by atoms with E-state index in [1.165, 1.54) is 0 Å². The molecular weight excluding hydrogens is 213 g/mol. The molecule has 15 heavy (non-hydrogen) atoms. The quantitative estimate of drug-likeness (QED) is 0.674. The van der Waals surface area contributed by atoms with Crippen molar-refractivity contribution in [1.29, 1.82) is 0 Å². The fraction of sp³-hybridized carbons (Fsp3) is 0.875. The fourth-order valence-electron chi connectivity index (χ4n) is 0.584. The Bertz CT molecular complexity index is 174. The predicted octanol–water partition coefficient (Wildman–Crippen LogP) is 1.10. The van der Waals surface area contributed by atoms with Crippen molar-refractivity contribution in [2.24, 2.45) is 11.5 Å². The normalized spacial score (nSPS) is 12.7. The molecular formula is C8H17F3N2O2. The van der Waals surface area contributed by atoms with Crippen LogP contribution in [0.1, 0.15) is 26.2 Å². The van der Waals surface area contributed by atoms with E-state index in [0.29, 0.717) is 6.04 Å². The van der Waals surface area contributed by atoms with Crippen LogP contribution >= 0.6 is 0 Å². The smallest absolute Gasteiger partial charge is 0.475 e. The lowest BCUT2D eigenvalue weighted by atomic mass is 10.1. The number of carboxylic acid groups (broad SMARTS) is 1. The van der Waals surface area contributed by atoms with E-state index >= 15 is 0 Å². The summed E-state index contributed by atoms with van der Waals surface area (Å²) in [4.78, 5) is 8.90. The maximum absolute atomic E-state index is 10.6. The molecule has 0 aromatic carbocycles. The topological polar surface area (TPSA) is 89.3 Å². The minimum atomic E-state index is -5.08. The van der Waals surface area contributed by atoms with Gasteiger partial charge >= 0.3 is 12.1 Å². The Morgan fingerprint density at radius 3 is 2.07 bits per heavy atom. The summed E-state index contributed by atoms with van der Waals surface area (Å²) >= 11 is 0. The van der Waals surface area contributed by atoms with E-state index in [0.717, 1.165) is 25.8 Å². The largest absolute Gasteiger partial charge is 0.490 e. The number of hydrogen-bond acceptors (Lipinski definition) is 3. The van der Waals surface area contributed by atoms with Crippen LogP contribution in [0.2, 0.25) is 0 Å². The second-order valence-electron chi connectivity index (χ2n) is 2.90. The monoisotopic (exact) mass is 230 g/mol. The molecule has 0 amide bonds. The fourth-order valence-corrected chi connectivity index (χ4v) is 0.584. The molecule has 0 fully saturated rings. The first-order valence-electron chi connectivity index (χ1n) is 4.51. The third kappa shape index (κ3) is 13.2. The summed E-state index contributed by atoms with van der Waals surface area (Å²) in [7, 11) is 0. The lowest BCUT2D eigenvalue weighted by Crippen LogP contribution is -2.21. The van der Waals surface area contributed by atoms with Crippen molar-refractivity contribution in [3.63, 3.8) is 0 Å². The zero-order chi connectivity index (χ0) is 12.5. The third-order valence-electron chi connectivity index (χ3n) is 1.55. The summed E-state index contributed by atoms with van der Waals surface area (Å²) in [5.74, 6) is -2.76. The summed E-state index contributed by atoms with van der Waals surface area (Å²) < 4.78 is 31.7. The highest BCUT2D eigenvalue weighted by molar-refractivity contribution is 5.73. The van der Waals surface area contributed by atoms with Gasteiger partial charge in [-0.05, 0) is 25.8 Å². The standard InChI is InChI=1S/C6H16N2.C2HF3O2/c1-2-6(8)4-3-5-7;3-2(4,5)1(6)7/h6H,2-5,7-8H2,1H3;(H,6,7). The lowest BCUT2D eigenvalue weighted by Gasteiger charge is -2.04. The van der Waals surface area contributed by atoms with Gasteiger partial charge in [-0.25, -0.2) is 4.79 Å². The van der Waals surface area contributed by atoms with Gasteiger partial charge in [0.25, 0.3) is 0 Å². The van der Waals surface area contributed by atoms with Crippen LogP contribution in [0.15, 0.2) is 0 Å². The zero-order valence-electron chi connectivity index (χ0n) is 8.55. The van der Waals surface area contributed by atoms with Gasteiger partial charge in [0.05, 0.1) is 0 Å². The highest BCUT2D eigenvalue weighted by Crippen LogP contribution is 2.13. The molecule has 0 spiro atoms. The molecule has 1 unspecified atom stereocenters. The molecule has 0 aromatic rings. The molecule has 4 nitrogen and oxygen atoms in total. The molecule has 0 radical (unpaired) electrons. The number of nitrogens with two attached hydrogens (primary N) is 2. The average molecular weight is 230 g/mol. The van der Waals surface area contributed by atoms with Crippen LogP contribution in [0, 0.1) is 0 Å². The van der Waals surface area contributed by atoms with Gasteiger partial charge in [0, 0.05) is 6.04 Å².